The van der Waals surface area contributed by atoms with E-state index >= 15 is 0 Å². The van der Waals surface area contributed by atoms with Gasteiger partial charge in [-0.3, -0.25) is 9.59 Å². The van der Waals surface area contributed by atoms with Crippen molar-refractivity contribution in [2.24, 2.45) is 5.92 Å². The van der Waals surface area contributed by atoms with E-state index in [9.17, 15) is 9.59 Å². The van der Waals surface area contributed by atoms with Crippen LogP contribution in [0.4, 0.5) is 0 Å². The number of carbonyl (C=O) groups is 2. The number of carboxylic acid groups (broad SMARTS) is 1. The first kappa shape index (κ1) is 19.1. The Hall–Kier alpha value is -3.28. The number of fused-ring (bicyclic) bond motifs is 1. The van der Waals surface area contributed by atoms with E-state index in [-0.39, 0.29) is 30.9 Å². The third kappa shape index (κ3) is 4.42. The van der Waals surface area contributed by atoms with Gasteiger partial charge in [0.15, 0.2) is 5.76 Å². The molecular formula is C23H23NO5. The van der Waals surface area contributed by atoms with Crippen LogP contribution in [0.3, 0.4) is 0 Å². The molecule has 150 valence electrons. The third-order valence-corrected chi connectivity index (χ3v) is 5.12. The van der Waals surface area contributed by atoms with Crippen LogP contribution in [0.1, 0.15) is 36.1 Å². The molecule has 1 fully saturated rings. The largest absolute Gasteiger partial charge is 0.486 e. The Balaban J connectivity index is 1.41. The summed E-state index contributed by atoms with van der Waals surface area (Å²) in [6.07, 6.45) is 1.80. The van der Waals surface area contributed by atoms with Gasteiger partial charge in [-0.25, -0.2) is 0 Å². The molecule has 6 nitrogen and oxygen atoms in total. The van der Waals surface area contributed by atoms with Crippen LogP contribution in [-0.4, -0.2) is 34.5 Å². The number of carbonyl (C=O) groups excluding carboxylic acids is 1. The lowest BCUT2D eigenvalue weighted by atomic mass is 10.1. The minimum atomic E-state index is -0.910. The first-order valence-corrected chi connectivity index (χ1v) is 9.75. The molecule has 0 spiro atoms. The highest BCUT2D eigenvalue weighted by Gasteiger charge is 2.36. The number of aliphatic carboxylic acids is 1. The van der Waals surface area contributed by atoms with Gasteiger partial charge in [-0.1, -0.05) is 37.3 Å². The van der Waals surface area contributed by atoms with Gasteiger partial charge in [-0.15, -0.1) is 0 Å². The molecule has 1 aliphatic rings. The Labute approximate surface area is 168 Å². The summed E-state index contributed by atoms with van der Waals surface area (Å²) < 4.78 is 11.5. The van der Waals surface area contributed by atoms with Gasteiger partial charge < -0.3 is 19.2 Å². The van der Waals surface area contributed by atoms with Crippen LogP contribution in [0.25, 0.3) is 10.8 Å². The van der Waals surface area contributed by atoms with E-state index in [2.05, 4.69) is 0 Å². The Morgan fingerprint density at radius 3 is 2.62 bits per heavy atom. The molecule has 1 N–H and O–H groups in total. The summed E-state index contributed by atoms with van der Waals surface area (Å²) in [7, 11) is 0. The van der Waals surface area contributed by atoms with Gasteiger partial charge in [-0.2, -0.15) is 0 Å². The number of furan rings is 1. The molecule has 1 unspecified atom stereocenters. The predicted octanol–water partition coefficient (Wildman–Crippen LogP) is 4.34. The first-order chi connectivity index (χ1) is 14.0. The van der Waals surface area contributed by atoms with Crippen LogP contribution < -0.4 is 4.74 Å². The Morgan fingerprint density at radius 1 is 1.14 bits per heavy atom. The molecule has 1 aromatic heterocycles. The standard InChI is InChI=1S/C23H23NO5/c1-15(23(26)27)13-24(18-7-8-18)22(25)21-11-10-20(29-21)14-28-19-9-6-16-4-2-3-5-17(16)12-19/h2-6,9-12,15,18H,7-8,13-14H2,1H3,(H,26,27). The highest BCUT2D eigenvalue weighted by atomic mass is 16.5. The summed E-state index contributed by atoms with van der Waals surface area (Å²) in [4.78, 5) is 25.6. The summed E-state index contributed by atoms with van der Waals surface area (Å²) in [6, 6.07) is 17.4. The monoisotopic (exact) mass is 393 g/mol. The SMILES string of the molecule is CC(CN(C(=O)c1ccc(COc2ccc3ccccc3c2)o1)C1CC1)C(=O)O. The number of rotatable bonds is 8. The highest BCUT2D eigenvalue weighted by molar-refractivity contribution is 5.92. The van der Waals surface area contributed by atoms with E-state index in [0.717, 1.165) is 29.4 Å². The molecule has 1 amide bonds. The van der Waals surface area contributed by atoms with Gasteiger partial charge in [0.2, 0.25) is 0 Å². The zero-order valence-electron chi connectivity index (χ0n) is 16.2. The number of amides is 1. The lowest BCUT2D eigenvalue weighted by molar-refractivity contribution is -0.141. The summed E-state index contributed by atoms with van der Waals surface area (Å²) >= 11 is 0. The summed E-state index contributed by atoms with van der Waals surface area (Å²) in [6.45, 7) is 2.00. The zero-order chi connectivity index (χ0) is 20.4. The minimum Gasteiger partial charge on any atom is -0.486 e. The van der Waals surface area contributed by atoms with E-state index in [1.54, 1.807) is 24.0 Å². The molecule has 1 atom stereocenters. The molecule has 3 aromatic rings. The van der Waals surface area contributed by atoms with Crippen LogP contribution in [0.15, 0.2) is 59.0 Å². The molecule has 2 aromatic carbocycles. The molecule has 1 aliphatic carbocycles. The van der Waals surface area contributed by atoms with Crippen LogP contribution in [0.2, 0.25) is 0 Å². The maximum absolute atomic E-state index is 12.8. The van der Waals surface area contributed by atoms with E-state index in [0.29, 0.717) is 5.76 Å². The molecule has 0 radical (unpaired) electrons. The fourth-order valence-corrected chi connectivity index (χ4v) is 3.28. The topological polar surface area (TPSA) is 80.0 Å². The maximum Gasteiger partial charge on any atom is 0.308 e. The maximum atomic E-state index is 12.8. The number of hydrogen-bond acceptors (Lipinski definition) is 4. The molecule has 4 rings (SSSR count). The van der Waals surface area contributed by atoms with E-state index in [4.69, 9.17) is 14.3 Å². The molecule has 6 heteroatoms. The summed E-state index contributed by atoms with van der Waals surface area (Å²) in [5.41, 5.74) is 0. The van der Waals surface area contributed by atoms with Gasteiger partial charge in [0.1, 0.15) is 18.1 Å². The van der Waals surface area contributed by atoms with E-state index in [1.807, 2.05) is 42.5 Å². The molecule has 0 saturated heterocycles. The number of carboxylic acids is 1. The van der Waals surface area contributed by atoms with Crippen molar-refractivity contribution >= 4 is 22.6 Å². The highest BCUT2D eigenvalue weighted by Crippen LogP contribution is 2.29. The van der Waals surface area contributed by atoms with Crippen molar-refractivity contribution < 1.29 is 23.8 Å². The second-order valence-electron chi connectivity index (χ2n) is 7.49. The second-order valence-corrected chi connectivity index (χ2v) is 7.49. The van der Waals surface area contributed by atoms with Gasteiger partial charge >= 0.3 is 5.97 Å². The van der Waals surface area contributed by atoms with Crippen LogP contribution in [0, 0.1) is 5.92 Å². The van der Waals surface area contributed by atoms with Crippen molar-refractivity contribution in [3.63, 3.8) is 0 Å². The van der Waals surface area contributed by atoms with Crippen molar-refractivity contribution in [2.45, 2.75) is 32.4 Å². The average molecular weight is 393 g/mol. The summed E-state index contributed by atoms with van der Waals surface area (Å²) in [5, 5.41) is 11.4. The number of ether oxygens (including phenoxy) is 1. The summed E-state index contributed by atoms with van der Waals surface area (Å²) in [5.74, 6) is -0.312. The molecule has 1 saturated carbocycles. The quantitative estimate of drug-likeness (QED) is 0.616. The van der Waals surface area contributed by atoms with E-state index in [1.165, 1.54) is 0 Å². The molecule has 0 aliphatic heterocycles. The van der Waals surface area contributed by atoms with Crippen LogP contribution in [0.5, 0.6) is 5.75 Å². The lowest BCUT2D eigenvalue weighted by Gasteiger charge is -2.23. The molecular weight excluding hydrogens is 370 g/mol. The first-order valence-electron chi connectivity index (χ1n) is 9.75. The Morgan fingerprint density at radius 2 is 1.90 bits per heavy atom. The zero-order valence-corrected chi connectivity index (χ0v) is 16.2. The predicted molar refractivity (Wildman–Crippen MR) is 108 cm³/mol. The fourth-order valence-electron chi connectivity index (χ4n) is 3.28. The second kappa shape index (κ2) is 7.99. The fraction of sp³-hybridized carbons (Fsp3) is 0.304. The van der Waals surface area contributed by atoms with Gasteiger partial charge in [0.05, 0.1) is 5.92 Å². The van der Waals surface area contributed by atoms with Crippen molar-refractivity contribution in [3.05, 3.63) is 66.1 Å². The third-order valence-electron chi connectivity index (χ3n) is 5.12. The van der Waals surface area contributed by atoms with Crippen molar-refractivity contribution in [1.29, 1.82) is 0 Å². The van der Waals surface area contributed by atoms with Crippen molar-refractivity contribution in [2.75, 3.05) is 6.54 Å². The van der Waals surface area contributed by atoms with Crippen LogP contribution >= 0.6 is 0 Å². The Bertz CT molecular complexity index is 1040. The Kier molecular flexibility index (Phi) is 5.25. The van der Waals surface area contributed by atoms with Crippen molar-refractivity contribution in [3.8, 4) is 5.75 Å². The number of benzene rings is 2. The van der Waals surface area contributed by atoms with Crippen molar-refractivity contribution in [1.82, 2.24) is 4.90 Å². The van der Waals surface area contributed by atoms with Crippen LogP contribution in [-0.2, 0) is 11.4 Å². The number of hydrogen-bond donors (Lipinski definition) is 1. The average Bonchev–Trinajstić information content (AvgIpc) is 3.46. The normalized spacial score (nSPS) is 14.5. The van der Waals surface area contributed by atoms with Gasteiger partial charge in [0, 0.05) is 12.6 Å². The minimum absolute atomic E-state index is 0.103. The molecule has 29 heavy (non-hydrogen) atoms. The van der Waals surface area contributed by atoms with E-state index < -0.39 is 11.9 Å². The molecule has 1 heterocycles. The van der Waals surface area contributed by atoms with Gasteiger partial charge in [-0.05, 0) is 47.9 Å². The number of nitrogens with zero attached hydrogens (tertiary/aromatic N) is 1. The smallest absolute Gasteiger partial charge is 0.308 e. The molecule has 0 bridgehead atoms. The van der Waals surface area contributed by atoms with Gasteiger partial charge in [0.25, 0.3) is 5.91 Å². The lowest BCUT2D eigenvalue weighted by Crippen LogP contribution is -2.38.